The molecule has 0 amide bonds. The average Bonchev–Trinajstić information content (AvgIpc) is 3.57. The Kier molecular flexibility index (Phi) is 7.46. The van der Waals surface area contributed by atoms with Gasteiger partial charge in [0, 0.05) is 22.6 Å². The fourth-order valence-electron chi connectivity index (χ4n) is 11.1. The van der Waals surface area contributed by atoms with E-state index in [0.29, 0.717) is 28.5 Å². The van der Waals surface area contributed by atoms with Crippen LogP contribution in [0.5, 0.6) is 0 Å². The number of rotatable bonds is 6. The molecule has 264 valence electrons. The van der Waals surface area contributed by atoms with Crippen LogP contribution in [0.25, 0.3) is 56.4 Å². The Morgan fingerprint density at radius 3 is 1.56 bits per heavy atom. The third kappa shape index (κ3) is 5.52. The van der Waals surface area contributed by atoms with Crippen molar-refractivity contribution in [1.82, 2.24) is 15.0 Å². The van der Waals surface area contributed by atoms with E-state index in [1.807, 2.05) is 30.3 Å². The molecule has 0 saturated heterocycles. The van der Waals surface area contributed by atoms with Crippen molar-refractivity contribution < 1.29 is 0 Å². The van der Waals surface area contributed by atoms with Crippen molar-refractivity contribution in [2.75, 3.05) is 0 Å². The molecule has 7 aromatic rings. The van der Waals surface area contributed by atoms with E-state index in [4.69, 9.17) is 15.0 Å². The fourth-order valence-corrected chi connectivity index (χ4v) is 11.1. The number of nitrogens with zero attached hydrogens (tertiary/aromatic N) is 4. The molecule has 1 heterocycles. The summed E-state index contributed by atoms with van der Waals surface area (Å²) in [6.45, 7) is 0. The van der Waals surface area contributed by atoms with Crippen LogP contribution in [0.3, 0.4) is 0 Å². The van der Waals surface area contributed by atoms with Gasteiger partial charge in [0.15, 0.2) is 17.5 Å². The second-order valence-corrected chi connectivity index (χ2v) is 16.6. The summed E-state index contributed by atoms with van der Waals surface area (Å²) in [5.41, 5.74) is 14.0. The SMILES string of the molecule is N#Cc1ccc2c(c1)-c1ccccc1C2c1ccc(-c2ccc(-c3nc(-c4ccccc4)nc(-c4ccc(C56CC7CC(CC(C7)C5)C6)cc4)n3)cc2)cc1. The average molecular weight is 709 g/mol. The van der Waals surface area contributed by atoms with E-state index >= 15 is 0 Å². The molecule has 6 aromatic carbocycles. The van der Waals surface area contributed by atoms with Crippen molar-refractivity contribution in [2.45, 2.75) is 49.9 Å². The minimum atomic E-state index is 0.139. The molecule has 4 saturated carbocycles. The zero-order valence-electron chi connectivity index (χ0n) is 30.7. The predicted octanol–water partition coefficient (Wildman–Crippen LogP) is 12.0. The minimum absolute atomic E-state index is 0.139. The Labute approximate surface area is 322 Å². The van der Waals surface area contributed by atoms with Crippen LogP contribution < -0.4 is 0 Å². The molecule has 4 fully saturated rings. The summed E-state index contributed by atoms with van der Waals surface area (Å²) in [6.07, 6.45) is 8.46. The Morgan fingerprint density at radius 2 is 0.964 bits per heavy atom. The van der Waals surface area contributed by atoms with Gasteiger partial charge in [-0.15, -0.1) is 0 Å². The lowest BCUT2D eigenvalue weighted by Gasteiger charge is -2.57. The predicted molar refractivity (Wildman–Crippen MR) is 219 cm³/mol. The minimum Gasteiger partial charge on any atom is -0.208 e. The third-order valence-corrected chi connectivity index (χ3v) is 13.2. The van der Waals surface area contributed by atoms with Crippen LogP contribution in [0.2, 0.25) is 0 Å². The van der Waals surface area contributed by atoms with Gasteiger partial charge in [-0.05, 0) is 118 Å². The molecule has 0 N–H and O–H groups in total. The number of nitriles is 1. The van der Waals surface area contributed by atoms with Crippen LogP contribution in [0.15, 0.2) is 146 Å². The van der Waals surface area contributed by atoms with Crippen LogP contribution in [-0.4, -0.2) is 15.0 Å². The number of hydrogen-bond donors (Lipinski definition) is 0. The van der Waals surface area contributed by atoms with Crippen molar-refractivity contribution in [2.24, 2.45) is 17.8 Å². The lowest BCUT2D eigenvalue weighted by Crippen LogP contribution is -2.48. The number of hydrogen-bond acceptors (Lipinski definition) is 4. The highest BCUT2D eigenvalue weighted by Gasteiger charge is 2.51. The highest BCUT2D eigenvalue weighted by molar-refractivity contribution is 5.82. The fraction of sp³-hybridized carbons (Fsp3) is 0.216. The topological polar surface area (TPSA) is 62.5 Å². The van der Waals surface area contributed by atoms with Crippen molar-refractivity contribution >= 4 is 0 Å². The zero-order valence-corrected chi connectivity index (χ0v) is 30.7. The van der Waals surface area contributed by atoms with Crippen LogP contribution in [-0.2, 0) is 5.41 Å². The number of benzene rings is 6. The quantitative estimate of drug-likeness (QED) is 0.172. The highest BCUT2D eigenvalue weighted by atomic mass is 15.0. The Morgan fingerprint density at radius 1 is 0.473 bits per heavy atom. The van der Waals surface area contributed by atoms with E-state index in [1.165, 1.54) is 66.3 Å². The van der Waals surface area contributed by atoms with Gasteiger partial charge in [0.2, 0.25) is 0 Å². The molecule has 4 bridgehead atoms. The summed E-state index contributed by atoms with van der Waals surface area (Å²) in [5, 5.41) is 9.56. The molecule has 4 heteroatoms. The van der Waals surface area contributed by atoms with E-state index in [1.54, 1.807) is 0 Å². The monoisotopic (exact) mass is 708 g/mol. The van der Waals surface area contributed by atoms with Crippen molar-refractivity contribution in [3.05, 3.63) is 173 Å². The Balaban J connectivity index is 0.895. The van der Waals surface area contributed by atoms with Gasteiger partial charge < -0.3 is 0 Å². The largest absolute Gasteiger partial charge is 0.208 e. The maximum Gasteiger partial charge on any atom is 0.164 e. The van der Waals surface area contributed by atoms with Gasteiger partial charge in [-0.3, -0.25) is 0 Å². The standard InChI is InChI=1S/C51H40N4/c52-31-32-10-23-45-46(27-32)43-8-4-5-9-44(43)47(45)38-15-11-36(12-16-38)37-13-17-40(18-14-37)49-53-48(39-6-2-1-3-7-39)54-50(55-49)41-19-21-42(22-20-41)51-28-33-24-34(29-51)26-35(25-33)30-51/h1-23,27,33-35,47H,24-26,28-30H2. The molecule has 1 aromatic heterocycles. The van der Waals surface area contributed by atoms with E-state index in [9.17, 15) is 5.26 Å². The van der Waals surface area contributed by atoms with E-state index in [2.05, 4.69) is 121 Å². The molecule has 0 spiro atoms. The number of fused-ring (bicyclic) bond motifs is 3. The molecule has 0 aliphatic heterocycles. The van der Waals surface area contributed by atoms with Gasteiger partial charge in [0.05, 0.1) is 11.6 Å². The summed E-state index contributed by atoms with van der Waals surface area (Å²) < 4.78 is 0. The summed E-state index contributed by atoms with van der Waals surface area (Å²) in [6, 6.07) is 54.0. The van der Waals surface area contributed by atoms with Crippen molar-refractivity contribution in [1.29, 1.82) is 5.26 Å². The third-order valence-electron chi connectivity index (χ3n) is 13.2. The first-order valence-corrected chi connectivity index (χ1v) is 19.9. The Hall–Kier alpha value is -6.18. The molecule has 1 unspecified atom stereocenters. The normalized spacial score (nSPS) is 22.9. The molecule has 4 nitrogen and oxygen atoms in total. The van der Waals surface area contributed by atoms with Gasteiger partial charge in [0.25, 0.3) is 0 Å². The van der Waals surface area contributed by atoms with Gasteiger partial charge in [-0.25, -0.2) is 15.0 Å². The van der Waals surface area contributed by atoms with E-state index < -0.39 is 0 Å². The van der Waals surface area contributed by atoms with Crippen LogP contribution in [0.4, 0.5) is 0 Å². The first-order valence-electron chi connectivity index (χ1n) is 19.9. The highest BCUT2D eigenvalue weighted by Crippen LogP contribution is 2.60. The zero-order chi connectivity index (χ0) is 36.5. The molecule has 1 atom stereocenters. The maximum atomic E-state index is 9.56. The summed E-state index contributed by atoms with van der Waals surface area (Å²) >= 11 is 0. The van der Waals surface area contributed by atoms with Crippen molar-refractivity contribution in [3.63, 3.8) is 0 Å². The van der Waals surface area contributed by atoms with Gasteiger partial charge in [-0.2, -0.15) is 5.26 Å². The smallest absolute Gasteiger partial charge is 0.164 e. The van der Waals surface area contributed by atoms with Crippen LogP contribution >= 0.6 is 0 Å². The second kappa shape index (κ2) is 12.7. The lowest BCUT2D eigenvalue weighted by molar-refractivity contribution is -0.00518. The molecular formula is C51H40N4. The van der Waals surface area contributed by atoms with E-state index in [-0.39, 0.29) is 5.92 Å². The first-order chi connectivity index (χ1) is 27.1. The van der Waals surface area contributed by atoms with Gasteiger partial charge in [0.1, 0.15) is 0 Å². The maximum absolute atomic E-state index is 9.56. The van der Waals surface area contributed by atoms with Gasteiger partial charge in [-0.1, -0.05) is 133 Å². The Bertz CT molecular complexity index is 2580. The first kappa shape index (κ1) is 32.3. The van der Waals surface area contributed by atoms with E-state index in [0.717, 1.165) is 51.1 Å². The summed E-state index contributed by atoms with van der Waals surface area (Å²) in [5.74, 6) is 4.97. The van der Waals surface area contributed by atoms with Crippen molar-refractivity contribution in [3.8, 4) is 62.5 Å². The molecule has 5 aliphatic rings. The molecule has 55 heavy (non-hydrogen) atoms. The van der Waals surface area contributed by atoms with Crippen LogP contribution in [0, 0.1) is 29.1 Å². The second-order valence-electron chi connectivity index (χ2n) is 16.6. The molecule has 0 radical (unpaired) electrons. The van der Waals surface area contributed by atoms with Gasteiger partial charge >= 0.3 is 0 Å². The van der Waals surface area contributed by atoms with Crippen LogP contribution in [0.1, 0.15) is 72.3 Å². The molecule has 5 aliphatic carbocycles. The summed E-state index contributed by atoms with van der Waals surface area (Å²) in [4.78, 5) is 15.1. The molecule has 12 rings (SSSR count). The lowest BCUT2D eigenvalue weighted by atomic mass is 9.48. The molecular weight excluding hydrogens is 669 g/mol. The number of aromatic nitrogens is 3. The summed E-state index contributed by atoms with van der Waals surface area (Å²) in [7, 11) is 0.